The van der Waals surface area contributed by atoms with Crippen LogP contribution >= 0.6 is 0 Å². The van der Waals surface area contributed by atoms with E-state index in [1.165, 1.54) is 19.2 Å². The van der Waals surface area contributed by atoms with Crippen LogP contribution in [0.25, 0.3) is 0 Å². The zero-order valence-corrected chi connectivity index (χ0v) is 18.1. The number of anilines is 1. The van der Waals surface area contributed by atoms with Crippen LogP contribution in [-0.4, -0.2) is 28.0 Å². The van der Waals surface area contributed by atoms with Gasteiger partial charge in [-0.3, -0.25) is 4.79 Å². The molecule has 3 aromatic carbocycles. The smallest absolute Gasteiger partial charge is 0.262 e. The van der Waals surface area contributed by atoms with Crippen LogP contribution in [0.2, 0.25) is 0 Å². The van der Waals surface area contributed by atoms with Crippen molar-refractivity contribution < 1.29 is 22.7 Å². The molecule has 0 saturated carbocycles. The highest BCUT2D eigenvalue weighted by atomic mass is 32.2. The fraction of sp³-hybridized carbons (Fsp3) is 0.174. The molecule has 1 amide bonds. The number of methoxy groups -OCH3 is 1. The van der Waals surface area contributed by atoms with Gasteiger partial charge in [-0.1, -0.05) is 42.5 Å². The third kappa shape index (κ3) is 6.07. The van der Waals surface area contributed by atoms with Crippen LogP contribution in [0.5, 0.6) is 11.5 Å². The number of rotatable bonds is 9. The van der Waals surface area contributed by atoms with E-state index in [1.54, 1.807) is 37.3 Å². The summed E-state index contributed by atoms with van der Waals surface area (Å²) in [5, 5.41) is 2.72. The van der Waals surface area contributed by atoms with Crippen molar-refractivity contribution in [1.29, 1.82) is 0 Å². The summed E-state index contributed by atoms with van der Waals surface area (Å²) >= 11 is 0. The highest BCUT2D eigenvalue weighted by Gasteiger charge is 2.16. The Kier molecular flexibility index (Phi) is 7.28. The van der Waals surface area contributed by atoms with Crippen LogP contribution in [0, 0.1) is 6.92 Å². The van der Waals surface area contributed by atoms with Crippen LogP contribution in [0.15, 0.2) is 77.7 Å². The van der Waals surface area contributed by atoms with Crippen molar-refractivity contribution in [3.8, 4) is 11.5 Å². The van der Waals surface area contributed by atoms with Gasteiger partial charge in [0.2, 0.25) is 10.0 Å². The van der Waals surface area contributed by atoms with Gasteiger partial charge in [-0.2, -0.15) is 0 Å². The van der Waals surface area contributed by atoms with Gasteiger partial charge in [-0.15, -0.1) is 0 Å². The summed E-state index contributed by atoms with van der Waals surface area (Å²) in [4.78, 5) is 12.3. The highest BCUT2D eigenvalue weighted by molar-refractivity contribution is 7.89. The van der Waals surface area contributed by atoms with E-state index >= 15 is 0 Å². The van der Waals surface area contributed by atoms with Gasteiger partial charge in [-0.25, -0.2) is 13.1 Å². The number of hydrogen-bond donors (Lipinski definition) is 2. The Balaban J connectivity index is 1.60. The van der Waals surface area contributed by atoms with Crippen molar-refractivity contribution in [2.45, 2.75) is 18.4 Å². The largest absolute Gasteiger partial charge is 0.495 e. The summed E-state index contributed by atoms with van der Waals surface area (Å²) in [6.45, 7) is 1.70. The summed E-state index contributed by atoms with van der Waals surface area (Å²) < 4.78 is 38.5. The maximum atomic E-state index is 12.6. The molecule has 2 N–H and O–H groups in total. The fourth-order valence-electron chi connectivity index (χ4n) is 2.89. The molecule has 31 heavy (non-hydrogen) atoms. The minimum absolute atomic E-state index is 0.131. The second kappa shape index (κ2) is 10.1. The summed E-state index contributed by atoms with van der Waals surface area (Å²) in [5.41, 5.74) is 2.01. The van der Waals surface area contributed by atoms with Gasteiger partial charge < -0.3 is 14.8 Å². The Morgan fingerprint density at radius 1 is 0.935 bits per heavy atom. The lowest BCUT2D eigenvalue weighted by Gasteiger charge is -2.13. The lowest BCUT2D eigenvalue weighted by molar-refractivity contribution is -0.118. The Morgan fingerprint density at radius 2 is 1.65 bits per heavy atom. The maximum absolute atomic E-state index is 12.6. The summed E-state index contributed by atoms with van der Waals surface area (Å²) in [6, 6.07) is 20.8. The van der Waals surface area contributed by atoms with Crippen molar-refractivity contribution in [3.63, 3.8) is 0 Å². The molecular formula is C23H24N2O5S. The Bertz CT molecular complexity index is 1150. The summed E-state index contributed by atoms with van der Waals surface area (Å²) in [6.07, 6.45) is 0. The first-order valence-electron chi connectivity index (χ1n) is 9.59. The van der Waals surface area contributed by atoms with E-state index < -0.39 is 10.0 Å². The van der Waals surface area contributed by atoms with Gasteiger partial charge in [0, 0.05) is 6.54 Å². The van der Waals surface area contributed by atoms with Gasteiger partial charge in [0.15, 0.2) is 6.61 Å². The molecule has 3 aromatic rings. The van der Waals surface area contributed by atoms with Crippen LogP contribution < -0.4 is 19.5 Å². The minimum Gasteiger partial charge on any atom is -0.495 e. The van der Waals surface area contributed by atoms with Gasteiger partial charge >= 0.3 is 0 Å². The SMILES string of the molecule is COc1ccccc1NC(=O)COc1ccc(S(=O)(=O)NCc2ccccc2)cc1C. The van der Waals surface area contributed by atoms with Crippen molar-refractivity contribution in [3.05, 3.63) is 83.9 Å². The third-order valence-electron chi connectivity index (χ3n) is 4.51. The zero-order valence-electron chi connectivity index (χ0n) is 17.3. The molecule has 0 radical (unpaired) electrons. The molecule has 0 aliphatic carbocycles. The molecule has 8 heteroatoms. The molecule has 0 aliphatic heterocycles. The van der Waals surface area contributed by atoms with E-state index in [4.69, 9.17) is 9.47 Å². The Hall–Kier alpha value is -3.36. The zero-order chi connectivity index (χ0) is 22.3. The number of sulfonamides is 1. The normalized spacial score (nSPS) is 11.0. The predicted octanol–water partition coefficient (Wildman–Crippen LogP) is 3.50. The van der Waals surface area contributed by atoms with E-state index in [1.807, 2.05) is 30.3 Å². The predicted molar refractivity (Wildman–Crippen MR) is 119 cm³/mol. The maximum Gasteiger partial charge on any atom is 0.262 e. The van der Waals surface area contributed by atoms with Crippen molar-refractivity contribution in [2.24, 2.45) is 0 Å². The van der Waals surface area contributed by atoms with Crippen LogP contribution in [-0.2, 0) is 21.4 Å². The van der Waals surface area contributed by atoms with Gasteiger partial charge in [0.25, 0.3) is 5.91 Å². The highest BCUT2D eigenvalue weighted by Crippen LogP contribution is 2.24. The molecule has 7 nitrogen and oxygen atoms in total. The summed E-state index contributed by atoms with van der Waals surface area (Å²) in [5.74, 6) is 0.618. The monoisotopic (exact) mass is 440 g/mol. The quantitative estimate of drug-likeness (QED) is 0.531. The molecule has 0 aliphatic rings. The fourth-order valence-corrected chi connectivity index (χ4v) is 3.99. The molecule has 162 valence electrons. The molecule has 0 saturated heterocycles. The molecule has 0 atom stereocenters. The first kappa shape index (κ1) is 22.3. The first-order valence-corrected chi connectivity index (χ1v) is 11.1. The number of carbonyl (C=O) groups excluding carboxylic acids is 1. The van der Waals surface area contributed by atoms with Crippen molar-refractivity contribution in [1.82, 2.24) is 4.72 Å². The van der Waals surface area contributed by atoms with Crippen LogP contribution in [0.3, 0.4) is 0 Å². The molecule has 3 rings (SSSR count). The number of para-hydroxylation sites is 2. The van der Waals surface area contributed by atoms with Crippen LogP contribution in [0.1, 0.15) is 11.1 Å². The lowest BCUT2D eigenvalue weighted by Crippen LogP contribution is -2.23. The molecular weight excluding hydrogens is 416 g/mol. The first-order chi connectivity index (χ1) is 14.9. The third-order valence-corrected chi connectivity index (χ3v) is 5.90. The van der Waals surface area contributed by atoms with Crippen LogP contribution in [0.4, 0.5) is 5.69 Å². The van der Waals surface area contributed by atoms with E-state index in [9.17, 15) is 13.2 Å². The topological polar surface area (TPSA) is 93.7 Å². The lowest BCUT2D eigenvalue weighted by atomic mass is 10.2. The van der Waals surface area contributed by atoms with Gasteiger partial charge in [0.1, 0.15) is 11.5 Å². The number of carbonyl (C=O) groups is 1. The average Bonchev–Trinajstić information content (AvgIpc) is 2.78. The second-order valence-corrected chi connectivity index (χ2v) is 8.54. The standard InChI is InChI=1S/C23H24N2O5S/c1-17-14-19(31(27,28)24-15-18-8-4-3-5-9-18)12-13-21(17)30-16-23(26)25-20-10-6-7-11-22(20)29-2/h3-14,24H,15-16H2,1-2H3,(H,25,26). The number of amides is 1. The number of benzene rings is 3. The van der Waals surface area contributed by atoms with Crippen molar-refractivity contribution in [2.75, 3.05) is 19.0 Å². The Morgan fingerprint density at radius 3 is 2.35 bits per heavy atom. The molecule has 0 aromatic heterocycles. The van der Waals surface area contributed by atoms with E-state index in [2.05, 4.69) is 10.0 Å². The van der Waals surface area contributed by atoms with Gasteiger partial charge in [-0.05, 0) is 48.4 Å². The van der Waals surface area contributed by atoms with E-state index in [0.29, 0.717) is 22.7 Å². The molecule has 0 fully saturated rings. The summed E-state index contributed by atoms with van der Waals surface area (Å²) in [7, 11) is -2.15. The number of aryl methyl sites for hydroxylation is 1. The second-order valence-electron chi connectivity index (χ2n) is 6.77. The van der Waals surface area contributed by atoms with Crippen molar-refractivity contribution >= 4 is 21.6 Å². The average molecular weight is 441 g/mol. The van der Waals surface area contributed by atoms with E-state index in [-0.39, 0.29) is 24.0 Å². The molecule has 0 bridgehead atoms. The van der Waals surface area contributed by atoms with E-state index in [0.717, 1.165) is 5.56 Å². The number of nitrogens with one attached hydrogen (secondary N) is 2. The minimum atomic E-state index is -3.68. The Labute approximate surface area is 182 Å². The number of hydrogen-bond acceptors (Lipinski definition) is 5. The van der Waals surface area contributed by atoms with Gasteiger partial charge in [0.05, 0.1) is 17.7 Å². The molecule has 0 spiro atoms. The number of ether oxygens (including phenoxy) is 2. The molecule has 0 unspecified atom stereocenters. The molecule has 0 heterocycles.